The number of hydrogen-bond acceptors (Lipinski definition) is 1. The highest BCUT2D eigenvalue weighted by Crippen LogP contribution is 2.03. The fraction of sp³-hybridized carbons (Fsp3) is 1.00. The van der Waals surface area contributed by atoms with Crippen molar-refractivity contribution >= 4 is 16.0 Å². The van der Waals surface area contributed by atoms with E-state index in [0.717, 1.165) is 19.0 Å². The van der Waals surface area contributed by atoms with Crippen molar-refractivity contribution in [2.45, 2.75) is 12.8 Å². The molecular weight excluding hydrogens is 106 g/mol. The van der Waals surface area contributed by atoms with Crippen molar-refractivity contribution in [2.24, 2.45) is 0 Å². The summed E-state index contributed by atoms with van der Waals surface area (Å²) in [6, 6.07) is 0. The largest absolute Gasteiger partial charge is 0.396 e. The van der Waals surface area contributed by atoms with Gasteiger partial charge >= 0.3 is 0 Å². The van der Waals surface area contributed by atoms with Crippen LogP contribution >= 0.6 is 8.46 Å². The minimum Gasteiger partial charge on any atom is -0.396 e. The van der Waals surface area contributed by atoms with Crippen LogP contribution in [0.4, 0.5) is 0 Å². The molecule has 0 amide bonds. The molecule has 1 atom stereocenters. The summed E-state index contributed by atoms with van der Waals surface area (Å²) in [6.07, 6.45) is 3.05. The van der Waals surface area contributed by atoms with Crippen LogP contribution in [-0.4, -0.2) is 25.4 Å². The van der Waals surface area contributed by atoms with Gasteiger partial charge in [0.05, 0.1) is 0 Å². The standard InChI is InChI=1S/C4H10BOP/c5-7-4-2-1-3-6/h6-7H,1-4H2. The predicted octanol–water partition coefficient (Wildman–Crippen LogP) is 0.521. The summed E-state index contributed by atoms with van der Waals surface area (Å²) in [5.41, 5.74) is 0. The highest BCUT2D eigenvalue weighted by atomic mass is 31.1. The third-order valence-electron chi connectivity index (χ3n) is 0.729. The molecule has 7 heavy (non-hydrogen) atoms. The fourth-order valence-corrected chi connectivity index (χ4v) is 0.793. The molecule has 40 valence electrons. The molecule has 0 fully saturated rings. The van der Waals surface area contributed by atoms with Gasteiger partial charge < -0.3 is 5.11 Å². The van der Waals surface area contributed by atoms with Gasteiger partial charge in [-0.2, -0.15) is 8.46 Å². The molecular formula is C4H10BOP. The van der Waals surface area contributed by atoms with Crippen LogP contribution in [0.1, 0.15) is 12.8 Å². The first-order valence-electron chi connectivity index (χ1n) is 2.46. The summed E-state index contributed by atoms with van der Waals surface area (Å²) in [7, 11) is 5.77. The Hall–Kier alpha value is 0.455. The summed E-state index contributed by atoms with van der Waals surface area (Å²) in [4.78, 5) is 0. The van der Waals surface area contributed by atoms with E-state index in [0.29, 0.717) is 15.1 Å². The lowest BCUT2D eigenvalue weighted by molar-refractivity contribution is 0.287. The van der Waals surface area contributed by atoms with Gasteiger partial charge in [0, 0.05) is 6.61 Å². The van der Waals surface area contributed by atoms with Crippen molar-refractivity contribution in [2.75, 3.05) is 12.8 Å². The van der Waals surface area contributed by atoms with Gasteiger partial charge in [-0.25, -0.2) is 0 Å². The molecule has 0 heterocycles. The Morgan fingerprint density at radius 1 is 1.43 bits per heavy atom. The van der Waals surface area contributed by atoms with Gasteiger partial charge in [-0.3, -0.25) is 0 Å². The van der Waals surface area contributed by atoms with Gasteiger partial charge in [-0.1, -0.05) is 0 Å². The average Bonchev–Trinajstić information content (AvgIpc) is 1.69. The zero-order valence-electron chi connectivity index (χ0n) is 4.35. The van der Waals surface area contributed by atoms with E-state index < -0.39 is 0 Å². The fourth-order valence-electron chi connectivity index (χ4n) is 0.339. The van der Waals surface area contributed by atoms with Crippen molar-refractivity contribution < 1.29 is 5.11 Å². The lowest BCUT2D eigenvalue weighted by Gasteiger charge is -1.91. The van der Waals surface area contributed by atoms with Crippen LogP contribution in [0.5, 0.6) is 0 Å². The number of rotatable bonds is 4. The molecule has 0 aromatic heterocycles. The summed E-state index contributed by atoms with van der Waals surface area (Å²) in [6.45, 7) is 0.310. The van der Waals surface area contributed by atoms with E-state index in [1.54, 1.807) is 0 Å². The first kappa shape index (κ1) is 7.45. The first-order valence-corrected chi connectivity index (χ1v) is 3.74. The smallest absolute Gasteiger partial charge is 0.104 e. The van der Waals surface area contributed by atoms with Gasteiger partial charge in [-0.15, -0.1) is 0 Å². The summed E-state index contributed by atoms with van der Waals surface area (Å²) >= 11 is 0. The van der Waals surface area contributed by atoms with Crippen molar-refractivity contribution in [3.05, 3.63) is 0 Å². The Labute approximate surface area is 47.7 Å². The third-order valence-corrected chi connectivity index (χ3v) is 1.37. The topological polar surface area (TPSA) is 20.2 Å². The maximum absolute atomic E-state index is 8.26. The van der Waals surface area contributed by atoms with Gasteiger partial charge in [0.2, 0.25) is 0 Å². The highest BCUT2D eigenvalue weighted by Gasteiger charge is 1.80. The molecule has 0 bridgehead atoms. The minimum absolute atomic E-state index is 0.310. The molecule has 0 spiro atoms. The Balaban J connectivity index is 2.45. The average molecular weight is 116 g/mol. The molecule has 2 radical (unpaired) electrons. The molecule has 1 unspecified atom stereocenters. The predicted molar refractivity (Wildman–Crippen MR) is 35.3 cm³/mol. The number of hydrogen-bond donors (Lipinski definition) is 1. The number of unbranched alkanes of at least 4 members (excludes halogenated alkanes) is 1. The van der Waals surface area contributed by atoms with E-state index in [-0.39, 0.29) is 0 Å². The zero-order valence-corrected chi connectivity index (χ0v) is 5.35. The molecule has 0 aliphatic carbocycles. The van der Waals surface area contributed by atoms with Gasteiger partial charge in [0.25, 0.3) is 0 Å². The van der Waals surface area contributed by atoms with Crippen molar-refractivity contribution in [3.63, 3.8) is 0 Å². The number of aliphatic hydroxyl groups is 1. The van der Waals surface area contributed by atoms with E-state index in [1.807, 2.05) is 0 Å². The van der Waals surface area contributed by atoms with E-state index >= 15 is 0 Å². The van der Waals surface area contributed by atoms with Crippen LogP contribution in [0.2, 0.25) is 0 Å². The van der Waals surface area contributed by atoms with E-state index in [4.69, 9.17) is 12.7 Å². The minimum atomic E-state index is 0.310. The van der Waals surface area contributed by atoms with Gasteiger partial charge in [-0.05, 0) is 19.0 Å². The van der Waals surface area contributed by atoms with Crippen molar-refractivity contribution in [1.29, 1.82) is 0 Å². The lowest BCUT2D eigenvalue weighted by Crippen LogP contribution is -1.82. The van der Waals surface area contributed by atoms with Crippen LogP contribution < -0.4 is 0 Å². The first-order chi connectivity index (χ1) is 3.41. The second kappa shape index (κ2) is 6.45. The number of aliphatic hydroxyl groups excluding tert-OH is 1. The van der Waals surface area contributed by atoms with Gasteiger partial charge in [0.15, 0.2) is 0 Å². The maximum atomic E-state index is 8.26. The molecule has 0 rings (SSSR count). The molecule has 3 heteroatoms. The SMILES string of the molecule is [B]PCCCCO. The van der Waals surface area contributed by atoms with Crippen LogP contribution in [0.25, 0.3) is 0 Å². The van der Waals surface area contributed by atoms with Crippen LogP contribution in [-0.2, 0) is 0 Å². The van der Waals surface area contributed by atoms with E-state index in [1.165, 1.54) is 0 Å². The monoisotopic (exact) mass is 116 g/mol. The normalized spacial score (nSPS) is 11.0. The molecule has 0 aliphatic heterocycles. The Morgan fingerprint density at radius 2 is 2.14 bits per heavy atom. The highest BCUT2D eigenvalue weighted by molar-refractivity contribution is 7.66. The second-order valence-electron chi connectivity index (χ2n) is 1.38. The molecule has 0 aromatic carbocycles. The summed E-state index contributed by atoms with van der Waals surface area (Å²) in [5.74, 6) is 0. The van der Waals surface area contributed by atoms with E-state index in [9.17, 15) is 0 Å². The molecule has 0 saturated heterocycles. The Kier molecular flexibility index (Phi) is 6.87. The van der Waals surface area contributed by atoms with Gasteiger partial charge in [0.1, 0.15) is 7.57 Å². The van der Waals surface area contributed by atoms with Crippen LogP contribution in [0.3, 0.4) is 0 Å². The molecule has 0 aromatic rings. The van der Waals surface area contributed by atoms with Crippen LogP contribution in [0.15, 0.2) is 0 Å². The van der Waals surface area contributed by atoms with Crippen LogP contribution in [0, 0.1) is 0 Å². The molecule has 1 nitrogen and oxygen atoms in total. The quantitative estimate of drug-likeness (QED) is 0.322. The molecule has 0 saturated carbocycles. The molecule has 1 N–H and O–H groups in total. The van der Waals surface area contributed by atoms with E-state index in [2.05, 4.69) is 0 Å². The van der Waals surface area contributed by atoms with Crippen molar-refractivity contribution in [1.82, 2.24) is 0 Å². The Bertz CT molecular complexity index is 30.9. The lowest BCUT2D eigenvalue weighted by atomic mass is 10.4. The Morgan fingerprint density at radius 3 is 2.57 bits per heavy atom. The second-order valence-corrected chi connectivity index (χ2v) is 2.29. The summed E-state index contributed by atoms with van der Waals surface area (Å²) < 4.78 is 0. The van der Waals surface area contributed by atoms with Crippen molar-refractivity contribution in [3.8, 4) is 0 Å². The maximum Gasteiger partial charge on any atom is 0.104 e. The zero-order chi connectivity index (χ0) is 5.54. The summed E-state index contributed by atoms with van der Waals surface area (Å²) in [5, 5.41) is 8.26. The molecule has 0 aliphatic rings. The third kappa shape index (κ3) is 6.45.